The van der Waals surface area contributed by atoms with Gasteiger partial charge < -0.3 is 15.4 Å². The van der Waals surface area contributed by atoms with E-state index < -0.39 is 5.82 Å². The Hall–Kier alpha value is -1.93. The maximum Gasteiger partial charge on any atom is 0.226 e. The quantitative estimate of drug-likeness (QED) is 0.845. The number of nitrogen functional groups attached to an aromatic ring is 1. The number of nitrogens with two attached hydrogens (primary N) is 1. The van der Waals surface area contributed by atoms with E-state index in [1.165, 1.54) is 25.1 Å². The van der Waals surface area contributed by atoms with Gasteiger partial charge in [-0.15, -0.1) is 11.8 Å². The van der Waals surface area contributed by atoms with E-state index in [1.54, 1.807) is 0 Å². The summed E-state index contributed by atoms with van der Waals surface area (Å²) in [5.41, 5.74) is 7.58. The van der Waals surface area contributed by atoms with Crippen LogP contribution in [0, 0.1) is 5.82 Å². The minimum atomic E-state index is -0.403. The molecule has 3 aliphatic rings. The van der Waals surface area contributed by atoms with Crippen molar-refractivity contribution in [1.82, 2.24) is 15.0 Å². The number of pyridine rings is 1. The summed E-state index contributed by atoms with van der Waals surface area (Å²) in [4.78, 5) is 15.8. The van der Waals surface area contributed by atoms with Gasteiger partial charge in [-0.05, 0) is 31.7 Å². The maximum atomic E-state index is 14.6. The Balaban J connectivity index is 1.58. The van der Waals surface area contributed by atoms with Crippen LogP contribution in [0.3, 0.4) is 0 Å². The number of hydrogen-bond acceptors (Lipinski definition) is 7. The molecule has 2 aromatic rings. The largest absolute Gasteiger partial charge is 0.384 e. The van der Waals surface area contributed by atoms with Crippen molar-refractivity contribution < 1.29 is 9.13 Å². The topological polar surface area (TPSA) is 77.2 Å². The molecule has 27 heavy (non-hydrogen) atoms. The van der Waals surface area contributed by atoms with Crippen LogP contribution in [0.15, 0.2) is 18.3 Å². The first kappa shape index (κ1) is 17.2. The van der Waals surface area contributed by atoms with Gasteiger partial charge in [-0.2, -0.15) is 0 Å². The monoisotopic (exact) mass is 387 g/mol. The summed E-state index contributed by atoms with van der Waals surface area (Å²) < 4.78 is 20.1. The fourth-order valence-electron chi connectivity index (χ4n) is 3.40. The molecule has 1 aliphatic heterocycles. The molecule has 0 atom stereocenters. The molecule has 8 heteroatoms. The summed E-state index contributed by atoms with van der Waals surface area (Å²) in [6, 6.07) is 3.19. The molecule has 0 amide bonds. The first-order valence-corrected chi connectivity index (χ1v) is 10.3. The van der Waals surface area contributed by atoms with Crippen LogP contribution in [0.1, 0.15) is 31.4 Å². The Morgan fingerprint density at radius 3 is 2.63 bits per heavy atom. The molecule has 0 unspecified atom stereocenters. The summed E-state index contributed by atoms with van der Waals surface area (Å²) in [5.74, 6) is 0.423. The van der Waals surface area contributed by atoms with Gasteiger partial charge in [0, 0.05) is 30.6 Å². The highest BCUT2D eigenvalue weighted by molar-refractivity contribution is 8.01. The smallest absolute Gasteiger partial charge is 0.226 e. The van der Waals surface area contributed by atoms with E-state index in [2.05, 4.69) is 14.9 Å². The number of thioether (sulfide) groups is 1. The number of morpholine rings is 1. The highest BCUT2D eigenvalue weighted by Gasteiger charge is 2.50. The van der Waals surface area contributed by atoms with Crippen LogP contribution in [-0.4, -0.2) is 46.5 Å². The summed E-state index contributed by atoms with van der Waals surface area (Å²) in [7, 11) is 0. The third-order valence-corrected chi connectivity index (χ3v) is 7.12. The van der Waals surface area contributed by atoms with Gasteiger partial charge in [-0.1, -0.05) is 0 Å². The van der Waals surface area contributed by atoms with Gasteiger partial charge in [0.15, 0.2) is 0 Å². The molecule has 0 spiro atoms. The van der Waals surface area contributed by atoms with E-state index in [1.807, 2.05) is 17.8 Å². The first-order chi connectivity index (χ1) is 13.1. The van der Waals surface area contributed by atoms with Crippen molar-refractivity contribution in [3.05, 3.63) is 29.8 Å². The number of halogens is 1. The molecule has 6 nitrogen and oxygen atoms in total. The van der Waals surface area contributed by atoms with E-state index >= 15 is 0 Å². The standard InChI is InChI=1S/C19H22FN5OS/c20-14-9-17(21)22-11-13(14)15-10-16(19(3-4-19)27-12-1-2-12)24-18(23-15)25-5-7-26-8-6-25/h9-12H,1-8H2,(H2,21,22). The summed E-state index contributed by atoms with van der Waals surface area (Å²) in [6.45, 7) is 2.80. The minimum Gasteiger partial charge on any atom is -0.384 e. The molecule has 0 bridgehead atoms. The second-order valence-electron chi connectivity index (χ2n) is 7.44. The lowest BCUT2D eigenvalue weighted by atomic mass is 10.1. The zero-order chi connectivity index (χ0) is 18.4. The molecule has 3 fully saturated rings. The van der Waals surface area contributed by atoms with Crippen LogP contribution in [0.2, 0.25) is 0 Å². The van der Waals surface area contributed by atoms with Crippen LogP contribution >= 0.6 is 11.8 Å². The van der Waals surface area contributed by atoms with Gasteiger partial charge in [0.25, 0.3) is 0 Å². The maximum absolute atomic E-state index is 14.6. The summed E-state index contributed by atoms with van der Waals surface area (Å²) >= 11 is 2.04. The number of nitrogens with zero attached hydrogens (tertiary/aromatic N) is 4. The number of anilines is 2. The number of ether oxygens (including phenoxy) is 1. The predicted molar refractivity (Wildman–Crippen MR) is 104 cm³/mol. The van der Waals surface area contributed by atoms with Crippen LogP contribution in [-0.2, 0) is 9.48 Å². The Kier molecular flexibility index (Phi) is 4.20. The second kappa shape index (κ2) is 6.60. The van der Waals surface area contributed by atoms with Crippen LogP contribution in [0.25, 0.3) is 11.3 Å². The molecule has 0 aromatic carbocycles. The molecule has 0 radical (unpaired) electrons. The Labute approximate surface area is 161 Å². The molecular weight excluding hydrogens is 365 g/mol. The van der Waals surface area contributed by atoms with Crippen molar-refractivity contribution in [2.45, 2.75) is 35.7 Å². The molecule has 2 N–H and O–H groups in total. The predicted octanol–water partition coefficient (Wildman–Crippen LogP) is 2.98. The fraction of sp³-hybridized carbons (Fsp3) is 0.526. The van der Waals surface area contributed by atoms with Crippen molar-refractivity contribution in [3.63, 3.8) is 0 Å². The lowest BCUT2D eigenvalue weighted by molar-refractivity contribution is 0.122. The number of aromatic nitrogens is 3. The van der Waals surface area contributed by atoms with E-state index in [4.69, 9.17) is 15.5 Å². The van der Waals surface area contributed by atoms with Gasteiger partial charge in [0.05, 0.1) is 34.9 Å². The summed E-state index contributed by atoms with van der Waals surface area (Å²) in [6.07, 6.45) is 6.28. The molecule has 1 saturated heterocycles. The molecule has 5 rings (SSSR count). The van der Waals surface area contributed by atoms with Gasteiger partial charge >= 0.3 is 0 Å². The molecule has 2 aliphatic carbocycles. The molecule has 2 aromatic heterocycles. The average Bonchev–Trinajstić information content (AvgIpc) is 3.61. The normalized spacial score (nSPS) is 21.3. The lowest BCUT2D eigenvalue weighted by Gasteiger charge is -2.28. The van der Waals surface area contributed by atoms with E-state index in [9.17, 15) is 4.39 Å². The zero-order valence-electron chi connectivity index (χ0n) is 15.0. The van der Waals surface area contributed by atoms with Crippen LogP contribution < -0.4 is 10.6 Å². The van der Waals surface area contributed by atoms with Crippen molar-refractivity contribution in [3.8, 4) is 11.3 Å². The Morgan fingerprint density at radius 1 is 1.19 bits per heavy atom. The van der Waals surface area contributed by atoms with E-state index in [-0.39, 0.29) is 10.6 Å². The average molecular weight is 387 g/mol. The van der Waals surface area contributed by atoms with Crippen molar-refractivity contribution >= 4 is 23.5 Å². The van der Waals surface area contributed by atoms with Crippen LogP contribution in [0.5, 0.6) is 0 Å². The third kappa shape index (κ3) is 3.48. The van der Waals surface area contributed by atoms with Gasteiger partial charge in [0.1, 0.15) is 11.6 Å². The molecule has 3 heterocycles. The number of hydrogen-bond donors (Lipinski definition) is 1. The van der Waals surface area contributed by atoms with E-state index in [0.717, 1.165) is 36.9 Å². The van der Waals surface area contributed by atoms with Gasteiger partial charge in [-0.25, -0.2) is 19.3 Å². The Morgan fingerprint density at radius 2 is 1.96 bits per heavy atom. The van der Waals surface area contributed by atoms with Crippen molar-refractivity contribution in [2.24, 2.45) is 0 Å². The van der Waals surface area contributed by atoms with Gasteiger partial charge in [0.2, 0.25) is 5.95 Å². The van der Waals surface area contributed by atoms with Crippen LogP contribution in [0.4, 0.5) is 16.2 Å². The van der Waals surface area contributed by atoms with Crippen molar-refractivity contribution in [1.29, 1.82) is 0 Å². The Bertz CT molecular complexity index is 865. The lowest BCUT2D eigenvalue weighted by Crippen LogP contribution is -2.37. The van der Waals surface area contributed by atoms with E-state index in [0.29, 0.717) is 30.4 Å². The third-order valence-electron chi connectivity index (χ3n) is 5.25. The molecule has 2 saturated carbocycles. The molecular formula is C19H22FN5OS. The highest BCUT2D eigenvalue weighted by Crippen LogP contribution is 2.61. The second-order valence-corrected chi connectivity index (χ2v) is 9.12. The molecule has 142 valence electrons. The first-order valence-electron chi connectivity index (χ1n) is 9.44. The zero-order valence-corrected chi connectivity index (χ0v) is 15.8. The minimum absolute atomic E-state index is 0.0671. The van der Waals surface area contributed by atoms with Gasteiger partial charge in [-0.3, -0.25) is 0 Å². The SMILES string of the molecule is Nc1cc(F)c(-c2cc(C3(SC4CC4)CC3)nc(N3CCOCC3)n2)cn1. The highest BCUT2D eigenvalue weighted by atomic mass is 32.2. The fourth-order valence-corrected chi connectivity index (χ4v) is 4.97. The van der Waals surface area contributed by atoms with Crippen molar-refractivity contribution in [2.75, 3.05) is 36.9 Å². The summed E-state index contributed by atoms with van der Waals surface area (Å²) in [5, 5.41) is 0.743. The number of rotatable bonds is 5.